The lowest BCUT2D eigenvalue weighted by Gasteiger charge is -2.14. The minimum Gasteiger partial charge on any atom is -0.351 e. The van der Waals surface area contributed by atoms with E-state index in [0.717, 1.165) is 35.4 Å². The highest BCUT2D eigenvalue weighted by molar-refractivity contribution is 7.92. The summed E-state index contributed by atoms with van der Waals surface area (Å²) in [5, 5.41) is 5.40. The number of aromatic nitrogens is 3. The van der Waals surface area contributed by atoms with Crippen molar-refractivity contribution in [2.24, 2.45) is 0 Å². The van der Waals surface area contributed by atoms with Gasteiger partial charge in [0.1, 0.15) is 23.7 Å². The number of hydrogen-bond acceptors (Lipinski definition) is 5. The number of nitrogens with zero attached hydrogens (tertiary/aromatic N) is 3. The van der Waals surface area contributed by atoms with Gasteiger partial charge in [-0.2, -0.15) is 5.10 Å². The zero-order valence-corrected chi connectivity index (χ0v) is 15.9. The van der Waals surface area contributed by atoms with Crippen molar-refractivity contribution in [3.8, 4) is 0 Å². The third-order valence-electron chi connectivity index (χ3n) is 4.25. The molecule has 2 aromatic carbocycles. The fraction of sp³-hybridized carbons (Fsp3) is 0.211. The van der Waals surface area contributed by atoms with Gasteiger partial charge in [0.15, 0.2) is 9.84 Å². The Bertz CT molecular complexity index is 1050. The van der Waals surface area contributed by atoms with Crippen LogP contribution in [0.5, 0.6) is 0 Å². The van der Waals surface area contributed by atoms with Gasteiger partial charge in [0.2, 0.25) is 5.91 Å². The first kappa shape index (κ1) is 19.7. The zero-order valence-electron chi connectivity index (χ0n) is 15.1. The normalized spacial score (nSPS) is 12.5. The summed E-state index contributed by atoms with van der Waals surface area (Å²) in [5.41, 5.74) is 1.81. The third kappa shape index (κ3) is 4.61. The van der Waals surface area contributed by atoms with Crippen LogP contribution in [-0.2, 0) is 27.7 Å². The van der Waals surface area contributed by atoms with Crippen molar-refractivity contribution in [2.75, 3.05) is 0 Å². The number of amides is 1. The maximum absolute atomic E-state index is 13.0. The second-order valence-corrected chi connectivity index (χ2v) is 8.54. The lowest BCUT2D eigenvalue weighted by atomic mass is 10.1. The molecule has 1 atom stereocenters. The predicted octanol–water partition coefficient (Wildman–Crippen LogP) is 1.94. The highest BCUT2D eigenvalue weighted by atomic mass is 32.2. The molecule has 1 aromatic heterocycles. The Labute approximate surface area is 162 Å². The summed E-state index contributed by atoms with van der Waals surface area (Å²) < 4.78 is 39.7. The monoisotopic (exact) mass is 402 g/mol. The van der Waals surface area contributed by atoms with Gasteiger partial charge in [-0.15, -0.1) is 0 Å². The standard InChI is InChI=1S/C19H19FN4O3S/c1-14(28(26,27)18-7-5-17(20)6-8-18)19(25)22-10-15-3-2-4-16(9-15)11-24-13-21-12-23-24/h2-9,12-14H,10-11H2,1H3,(H,22,25). The van der Waals surface area contributed by atoms with Crippen LogP contribution >= 0.6 is 0 Å². The molecule has 0 aliphatic carbocycles. The van der Waals surface area contributed by atoms with Crippen molar-refractivity contribution in [1.29, 1.82) is 0 Å². The summed E-state index contributed by atoms with van der Waals surface area (Å²) in [6.07, 6.45) is 3.06. The molecule has 0 fully saturated rings. The highest BCUT2D eigenvalue weighted by Crippen LogP contribution is 2.17. The van der Waals surface area contributed by atoms with Crippen LogP contribution in [0, 0.1) is 5.82 Å². The molecule has 1 heterocycles. The smallest absolute Gasteiger partial charge is 0.238 e. The van der Waals surface area contributed by atoms with E-state index >= 15 is 0 Å². The fourth-order valence-corrected chi connectivity index (χ4v) is 3.93. The molecule has 0 aliphatic heterocycles. The molecular weight excluding hydrogens is 383 g/mol. The van der Waals surface area contributed by atoms with E-state index in [9.17, 15) is 17.6 Å². The number of benzene rings is 2. The van der Waals surface area contributed by atoms with Crippen LogP contribution in [0.25, 0.3) is 0 Å². The Kier molecular flexibility index (Phi) is 5.84. The van der Waals surface area contributed by atoms with E-state index in [1.165, 1.54) is 13.3 Å². The number of halogens is 1. The van der Waals surface area contributed by atoms with Crippen LogP contribution in [0.4, 0.5) is 4.39 Å². The van der Waals surface area contributed by atoms with Crippen LogP contribution < -0.4 is 5.32 Å². The lowest BCUT2D eigenvalue weighted by molar-refractivity contribution is -0.120. The quantitative estimate of drug-likeness (QED) is 0.610. The molecule has 1 unspecified atom stereocenters. The molecular formula is C19H19FN4O3S. The molecule has 7 nitrogen and oxygen atoms in total. The summed E-state index contributed by atoms with van der Waals surface area (Å²) in [7, 11) is -3.90. The van der Waals surface area contributed by atoms with Gasteiger partial charge in [-0.25, -0.2) is 22.5 Å². The molecule has 0 saturated carbocycles. The van der Waals surface area contributed by atoms with Crippen molar-refractivity contribution < 1.29 is 17.6 Å². The van der Waals surface area contributed by atoms with E-state index < -0.39 is 26.8 Å². The second-order valence-electron chi connectivity index (χ2n) is 6.27. The van der Waals surface area contributed by atoms with Crippen LogP contribution in [0.3, 0.4) is 0 Å². The van der Waals surface area contributed by atoms with Crippen molar-refractivity contribution in [3.63, 3.8) is 0 Å². The summed E-state index contributed by atoms with van der Waals surface area (Å²) in [5.74, 6) is -1.16. The minimum absolute atomic E-state index is 0.0913. The Morgan fingerprint density at radius 3 is 2.57 bits per heavy atom. The molecule has 1 amide bonds. The van der Waals surface area contributed by atoms with E-state index in [1.807, 2.05) is 24.3 Å². The summed E-state index contributed by atoms with van der Waals surface area (Å²) in [4.78, 5) is 16.2. The van der Waals surface area contributed by atoms with Crippen LogP contribution in [-0.4, -0.2) is 34.3 Å². The van der Waals surface area contributed by atoms with Crippen molar-refractivity contribution in [2.45, 2.75) is 30.2 Å². The van der Waals surface area contributed by atoms with E-state index in [-0.39, 0.29) is 11.4 Å². The largest absolute Gasteiger partial charge is 0.351 e. The predicted molar refractivity (Wildman–Crippen MR) is 100 cm³/mol. The van der Waals surface area contributed by atoms with Gasteiger partial charge in [-0.1, -0.05) is 24.3 Å². The van der Waals surface area contributed by atoms with Crippen LogP contribution in [0.1, 0.15) is 18.1 Å². The molecule has 0 radical (unpaired) electrons. The Morgan fingerprint density at radius 2 is 1.89 bits per heavy atom. The van der Waals surface area contributed by atoms with E-state index in [4.69, 9.17) is 0 Å². The maximum atomic E-state index is 13.0. The Hall–Kier alpha value is -3.07. The van der Waals surface area contributed by atoms with Gasteiger partial charge >= 0.3 is 0 Å². The second kappa shape index (κ2) is 8.30. The van der Waals surface area contributed by atoms with Crippen molar-refractivity contribution in [1.82, 2.24) is 20.1 Å². The Morgan fingerprint density at radius 1 is 1.18 bits per heavy atom. The molecule has 0 bridgehead atoms. The lowest BCUT2D eigenvalue weighted by Crippen LogP contribution is -2.37. The average Bonchev–Trinajstić information content (AvgIpc) is 3.19. The van der Waals surface area contributed by atoms with Gasteiger partial charge in [-0.3, -0.25) is 4.79 Å². The molecule has 0 aliphatic rings. The molecule has 146 valence electrons. The first-order valence-corrected chi connectivity index (χ1v) is 10.1. The van der Waals surface area contributed by atoms with Gasteiger partial charge in [-0.05, 0) is 42.3 Å². The van der Waals surface area contributed by atoms with Gasteiger partial charge < -0.3 is 5.32 Å². The van der Waals surface area contributed by atoms with E-state index in [0.29, 0.717) is 6.54 Å². The van der Waals surface area contributed by atoms with Crippen LogP contribution in [0.15, 0.2) is 66.1 Å². The number of carbonyl (C=O) groups excluding carboxylic acids is 1. The SMILES string of the molecule is CC(C(=O)NCc1cccc(Cn2cncn2)c1)S(=O)(=O)c1ccc(F)cc1. The third-order valence-corrected chi connectivity index (χ3v) is 6.32. The summed E-state index contributed by atoms with van der Waals surface area (Å²) in [6.45, 7) is 2.04. The number of carbonyl (C=O) groups is 1. The number of hydrogen-bond donors (Lipinski definition) is 1. The van der Waals surface area contributed by atoms with E-state index in [1.54, 1.807) is 11.0 Å². The minimum atomic E-state index is -3.90. The van der Waals surface area contributed by atoms with Crippen molar-refractivity contribution in [3.05, 3.63) is 78.1 Å². The molecule has 9 heteroatoms. The number of sulfone groups is 1. The molecule has 0 saturated heterocycles. The maximum Gasteiger partial charge on any atom is 0.238 e. The zero-order chi connectivity index (χ0) is 20.1. The molecule has 28 heavy (non-hydrogen) atoms. The topological polar surface area (TPSA) is 93.9 Å². The van der Waals surface area contributed by atoms with E-state index in [2.05, 4.69) is 15.4 Å². The van der Waals surface area contributed by atoms with Gasteiger partial charge in [0, 0.05) is 6.54 Å². The first-order chi connectivity index (χ1) is 13.4. The summed E-state index contributed by atoms with van der Waals surface area (Å²) >= 11 is 0. The summed E-state index contributed by atoms with van der Waals surface area (Å²) in [6, 6.07) is 11.9. The van der Waals surface area contributed by atoms with Crippen LogP contribution in [0.2, 0.25) is 0 Å². The average molecular weight is 402 g/mol. The first-order valence-electron chi connectivity index (χ1n) is 8.53. The highest BCUT2D eigenvalue weighted by Gasteiger charge is 2.29. The molecule has 0 spiro atoms. The molecule has 3 rings (SSSR count). The van der Waals surface area contributed by atoms with Gasteiger partial charge in [0.25, 0.3) is 0 Å². The number of nitrogens with one attached hydrogen (secondary N) is 1. The Balaban J connectivity index is 1.64. The van der Waals surface area contributed by atoms with Crippen molar-refractivity contribution >= 4 is 15.7 Å². The number of rotatable bonds is 7. The molecule has 3 aromatic rings. The molecule has 1 N–H and O–H groups in total. The fourth-order valence-electron chi connectivity index (χ4n) is 2.64. The van der Waals surface area contributed by atoms with Gasteiger partial charge in [0.05, 0.1) is 11.4 Å².